The second-order valence-electron chi connectivity index (χ2n) is 5.76. The molecule has 1 aliphatic heterocycles. The number of hydrogen-bond acceptors (Lipinski definition) is 9. The average molecular weight is 369 g/mol. The van der Waals surface area contributed by atoms with E-state index in [9.17, 15) is 0 Å². The number of nitrogen functional groups attached to an aromatic ring is 1. The van der Waals surface area contributed by atoms with Crippen molar-refractivity contribution in [2.75, 3.05) is 32.2 Å². The zero-order chi connectivity index (χ0) is 18.6. The minimum absolute atomic E-state index is 0.0970. The van der Waals surface area contributed by atoms with Gasteiger partial charge in [-0.25, -0.2) is 9.97 Å². The van der Waals surface area contributed by atoms with Gasteiger partial charge in [-0.3, -0.25) is 0 Å². The maximum Gasteiger partial charge on any atom is 0.247 e. The molecule has 3 heterocycles. The van der Waals surface area contributed by atoms with E-state index in [4.69, 9.17) is 24.7 Å². The molecule has 0 aliphatic carbocycles. The predicted octanol–water partition coefficient (Wildman–Crippen LogP) is 1.82. The van der Waals surface area contributed by atoms with Crippen molar-refractivity contribution in [1.29, 1.82) is 0 Å². The summed E-state index contributed by atoms with van der Waals surface area (Å²) in [6.45, 7) is 3.81. The minimum Gasteiger partial charge on any atom is -0.488 e. The lowest BCUT2D eigenvalue weighted by molar-refractivity contribution is -0.0684. The van der Waals surface area contributed by atoms with E-state index in [2.05, 4.69) is 19.9 Å². The second-order valence-corrected chi connectivity index (χ2v) is 5.76. The fourth-order valence-corrected chi connectivity index (χ4v) is 2.69. The summed E-state index contributed by atoms with van der Waals surface area (Å²) in [7, 11) is 0. The van der Waals surface area contributed by atoms with Gasteiger partial charge in [0, 0.05) is 5.56 Å². The van der Waals surface area contributed by atoms with Gasteiger partial charge in [0.15, 0.2) is 17.5 Å². The van der Waals surface area contributed by atoms with Gasteiger partial charge < -0.3 is 24.7 Å². The molecule has 2 aromatic heterocycles. The topological polar surface area (TPSA) is 115 Å². The fraction of sp³-hybridized carbons (Fsp3) is 0.333. The molecule has 27 heavy (non-hydrogen) atoms. The maximum atomic E-state index is 5.75. The minimum atomic E-state index is -0.328. The van der Waals surface area contributed by atoms with Crippen molar-refractivity contribution in [2.24, 2.45) is 0 Å². The van der Waals surface area contributed by atoms with Gasteiger partial charge in [0.25, 0.3) is 0 Å². The summed E-state index contributed by atoms with van der Waals surface area (Å²) in [4.78, 5) is 17.2. The van der Waals surface area contributed by atoms with Gasteiger partial charge in [-0.2, -0.15) is 9.97 Å². The summed E-state index contributed by atoms with van der Waals surface area (Å²) in [6, 6.07) is 7.55. The third-order valence-corrected chi connectivity index (χ3v) is 3.88. The van der Waals surface area contributed by atoms with E-state index in [1.807, 2.05) is 31.2 Å². The van der Waals surface area contributed by atoms with Gasteiger partial charge in [0.2, 0.25) is 11.8 Å². The molecule has 0 amide bonds. The van der Waals surface area contributed by atoms with Gasteiger partial charge >= 0.3 is 0 Å². The van der Waals surface area contributed by atoms with E-state index in [1.54, 1.807) is 6.20 Å². The molecule has 1 saturated heterocycles. The van der Waals surface area contributed by atoms with Crippen LogP contribution >= 0.6 is 0 Å². The summed E-state index contributed by atoms with van der Waals surface area (Å²) in [6.07, 6.45) is 1.30. The number of hydrogen-bond donors (Lipinski definition) is 1. The van der Waals surface area contributed by atoms with Crippen LogP contribution in [-0.4, -0.2) is 52.7 Å². The zero-order valence-electron chi connectivity index (χ0n) is 14.8. The fourth-order valence-electron chi connectivity index (χ4n) is 2.69. The molecule has 0 radical (unpaired) electrons. The second kappa shape index (κ2) is 7.68. The smallest absolute Gasteiger partial charge is 0.247 e. The van der Waals surface area contributed by atoms with E-state index in [0.29, 0.717) is 54.9 Å². The molecule has 2 N–H and O–H groups in total. The Balaban J connectivity index is 1.62. The molecule has 0 saturated carbocycles. The highest BCUT2D eigenvalue weighted by Gasteiger charge is 2.17. The van der Waals surface area contributed by atoms with Crippen LogP contribution < -0.4 is 15.2 Å². The highest BCUT2D eigenvalue weighted by molar-refractivity contribution is 5.79. The number of benzene rings is 1. The lowest BCUT2D eigenvalue weighted by Crippen LogP contribution is -2.18. The molecular weight excluding hydrogens is 350 g/mol. The van der Waals surface area contributed by atoms with Gasteiger partial charge in [-0.1, -0.05) is 12.1 Å². The molecule has 140 valence electrons. The van der Waals surface area contributed by atoms with Crippen LogP contribution in [0.1, 0.15) is 6.92 Å². The Bertz CT molecular complexity index is 946. The molecule has 9 heteroatoms. The van der Waals surface area contributed by atoms with Crippen LogP contribution in [0, 0.1) is 0 Å². The molecule has 0 bridgehead atoms. The number of nitrogens with two attached hydrogens (primary N) is 1. The standard InChI is InChI=1S/C18H19N5O4/c1-2-24-17-15-16(22-18(19)23-17)20-9-13(21-15)11-4-3-5-12(8-11)27-10-14-25-6-7-26-14/h3-5,8-9,14H,2,6-7,10H2,1H3,(H2,19,20,22,23). The average Bonchev–Trinajstić information content (AvgIpc) is 3.20. The van der Waals surface area contributed by atoms with Crippen molar-refractivity contribution in [2.45, 2.75) is 13.2 Å². The Hall–Kier alpha value is -3.04. The van der Waals surface area contributed by atoms with Gasteiger partial charge in [0.05, 0.1) is 31.7 Å². The molecule has 0 unspecified atom stereocenters. The highest BCUT2D eigenvalue weighted by atomic mass is 16.7. The van der Waals surface area contributed by atoms with Crippen molar-refractivity contribution in [1.82, 2.24) is 19.9 Å². The first-order chi connectivity index (χ1) is 13.2. The number of aromatic nitrogens is 4. The van der Waals surface area contributed by atoms with Crippen molar-refractivity contribution in [3.8, 4) is 22.9 Å². The highest BCUT2D eigenvalue weighted by Crippen LogP contribution is 2.26. The van der Waals surface area contributed by atoms with E-state index in [1.165, 1.54) is 0 Å². The number of rotatable bonds is 6. The summed E-state index contributed by atoms with van der Waals surface area (Å²) >= 11 is 0. The Morgan fingerprint density at radius 3 is 2.81 bits per heavy atom. The number of fused-ring (bicyclic) bond motifs is 1. The Morgan fingerprint density at radius 1 is 1.15 bits per heavy atom. The van der Waals surface area contributed by atoms with Crippen LogP contribution in [0.5, 0.6) is 11.6 Å². The quantitative estimate of drug-likeness (QED) is 0.694. The Kier molecular flexibility index (Phi) is 4.95. The molecule has 9 nitrogen and oxygen atoms in total. The first kappa shape index (κ1) is 17.4. The lowest BCUT2D eigenvalue weighted by atomic mass is 10.1. The largest absolute Gasteiger partial charge is 0.488 e. The number of nitrogens with zero attached hydrogens (tertiary/aromatic N) is 4. The van der Waals surface area contributed by atoms with E-state index >= 15 is 0 Å². The lowest BCUT2D eigenvalue weighted by Gasteiger charge is -2.12. The van der Waals surface area contributed by atoms with Crippen molar-refractivity contribution < 1.29 is 18.9 Å². The zero-order valence-corrected chi connectivity index (χ0v) is 14.8. The van der Waals surface area contributed by atoms with Crippen LogP contribution in [0.15, 0.2) is 30.5 Å². The Morgan fingerprint density at radius 2 is 2.00 bits per heavy atom. The van der Waals surface area contributed by atoms with Gasteiger partial charge in [0.1, 0.15) is 12.4 Å². The maximum absolute atomic E-state index is 5.75. The first-order valence-corrected chi connectivity index (χ1v) is 8.62. The van der Waals surface area contributed by atoms with Gasteiger partial charge in [-0.15, -0.1) is 0 Å². The molecule has 0 spiro atoms. The predicted molar refractivity (Wildman–Crippen MR) is 97.3 cm³/mol. The number of ether oxygens (including phenoxy) is 4. The molecule has 3 aromatic rings. The van der Waals surface area contributed by atoms with Crippen LogP contribution in [0.3, 0.4) is 0 Å². The van der Waals surface area contributed by atoms with E-state index < -0.39 is 0 Å². The van der Waals surface area contributed by atoms with Crippen molar-refractivity contribution >= 4 is 17.1 Å². The first-order valence-electron chi connectivity index (χ1n) is 8.62. The van der Waals surface area contributed by atoms with E-state index in [-0.39, 0.29) is 12.2 Å². The molecule has 1 aromatic carbocycles. The number of anilines is 1. The SMILES string of the molecule is CCOc1nc(N)nc2ncc(-c3cccc(OCC4OCCO4)c3)nc12. The van der Waals surface area contributed by atoms with Gasteiger partial charge in [-0.05, 0) is 19.1 Å². The molecule has 1 aliphatic rings. The monoisotopic (exact) mass is 369 g/mol. The van der Waals surface area contributed by atoms with Crippen LogP contribution in [0.4, 0.5) is 5.95 Å². The van der Waals surface area contributed by atoms with Crippen LogP contribution in [0.2, 0.25) is 0 Å². The molecule has 1 fully saturated rings. The van der Waals surface area contributed by atoms with Crippen LogP contribution in [-0.2, 0) is 9.47 Å². The summed E-state index contributed by atoms with van der Waals surface area (Å²) in [5, 5.41) is 0. The summed E-state index contributed by atoms with van der Waals surface area (Å²) in [5.41, 5.74) is 8.04. The third kappa shape index (κ3) is 3.88. The third-order valence-electron chi connectivity index (χ3n) is 3.88. The molecule has 0 atom stereocenters. The summed E-state index contributed by atoms with van der Waals surface area (Å²) < 4.78 is 22.0. The normalized spacial score (nSPS) is 14.6. The molecular formula is C18H19N5O4. The van der Waals surface area contributed by atoms with Crippen molar-refractivity contribution in [3.05, 3.63) is 30.5 Å². The van der Waals surface area contributed by atoms with Crippen molar-refractivity contribution in [3.63, 3.8) is 0 Å². The summed E-state index contributed by atoms with van der Waals surface area (Å²) in [5.74, 6) is 1.10. The molecule has 4 rings (SSSR count). The van der Waals surface area contributed by atoms with Crippen LogP contribution in [0.25, 0.3) is 22.4 Å². The van der Waals surface area contributed by atoms with E-state index in [0.717, 1.165) is 5.56 Å². The Labute approximate surface area is 155 Å².